The zero-order valence-corrected chi connectivity index (χ0v) is 13.0. The highest BCUT2D eigenvalue weighted by molar-refractivity contribution is 6.21. The van der Waals surface area contributed by atoms with E-state index < -0.39 is 0 Å². The van der Waals surface area contributed by atoms with Gasteiger partial charge in [-0.05, 0) is 29.8 Å². The van der Waals surface area contributed by atoms with Crippen molar-refractivity contribution >= 4 is 17.7 Å². The maximum atomic E-state index is 12.2. The van der Waals surface area contributed by atoms with Crippen LogP contribution in [0.3, 0.4) is 0 Å². The molecule has 3 amide bonds. The molecule has 24 heavy (non-hydrogen) atoms. The van der Waals surface area contributed by atoms with Gasteiger partial charge in [0.25, 0.3) is 17.7 Å². The van der Waals surface area contributed by atoms with Crippen LogP contribution >= 0.6 is 0 Å². The van der Waals surface area contributed by atoms with Gasteiger partial charge in [0.2, 0.25) is 0 Å². The Morgan fingerprint density at radius 1 is 1.00 bits per heavy atom. The summed E-state index contributed by atoms with van der Waals surface area (Å²) >= 11 is 0. The molecule has 122 valence electrons. The van der Waals surface area contributed by atoms with Crippen molar-refractivity contribution in [3.63, 3.8) is 0 Å². The minimum absolute atomic E-state index is 0.134. The average molecular weight is 323 g/mol. The SMILES string of the molecule is NCc1cccc(C(=O)NCCN2C(=O)c3ccccc3C2=O)c1. The van der Waals surface area contributed by atoms with E-state index in [2.05, 4.69) is 5.32 Å². The van der Waals surface area contributed by atoms with Crippen LogP contribution in [0, 0.1) is 0 Å². The number of fused-ring (bicyclic) bond motifs is 1. The minimum atomic E-state index is -0.324. The molecule has 0 saturated heterocycles. The molecule has 6 heteroatoms. The number of carbonyl (C=O) groups excluding carboxylic acids is 3. The van der Waals surface area contributed by atoms with Gasteiger partial charge in [-0.1, -0.05) is 24.3 Å². The molecular formula is C18H17N3O3. The molecule has 0 aliphatic carbocycles. The molecule has 0 aromatic heterocycles. The second-order valence-corrected chi connectivity index (χ2v) is 5.47. The van der Waals surface area contributed by atoms with Gasteiger partial charge in [-0.2, -0.15) is 0 Å². The second-order valence-electron chi connectivity index (χ2n) is 5.47. The largest absolute Gasteiger partial charge is 0.350 e. The Bertz CT molecular complexity index is 782. The molecule has 0 spiro atoms. The Morgan fingerprint density at radius 3 is 2.29 bits per heavy atom. The first-order chi connectivity index (χ1) is 11.6. The Hall–Kier alpha value is -2.99. The molecule has 0 saturated carbocycles. The first-order valence-corrected chi connectivity index (χ1v) is 7.64. The molecule has 1 heterocycles. The minimum Gasteiger partial charge on any atom is -0.350 e. The Kier molecular flexibility index (Phi) is 4.39. The number of rotatable bonds is 5. The third-order valence-corrected chi connectivity index (χ3v) is 3.92. The molecule has 0 atom stereocenters. The van der Waals surface area contributed by atoms with Crippen molar-refractivity contribution in [3.05, 3.63) is 70.8 Å². The molecule has 2 aromatic carbocycles. The summed E-state index contributed by atoms with van der Waals surface area (Å²) in [4.78, 5) is 37.7. The monoisotopic (exact) mass is 323 g/mol. The van der Waals surface area contributed by atoms with E-state index in [0.29, 0.717) is 23.2 Å². The van der Waals surface area contributed by atoms with Crippen LogP contribution in [-0.4, -0.2) is 35.7 Å². The van der Waals surface area contributed by atoms with Gasteiger partial charge in [-0.15, -0.1) is 0 Å². The third-order valence-electron chi connectivity index (χ3n) is 3.92. The lowest BCUT2D eigenvalue weighted by molar-refractivity contribution is 0.0650. The van der Waals surface area contributed by atoms with Gasteiger partial charge in [-0.3, -0.25) is 19.3 Å². The lowest BCUT2D eigenvalue weighted by atomic mass is 10.1. The first kappa shape index (κ1) is 15.9. The fourth-order valence-electron chi connectivity index (χ4n) is 2.67. The number of hydrogen-bond acceptors (Lipinski definition) is 4. The zero-order chi connectivity index (χ0) is 17.1. The molecule has 6 nitrogen and oxygen atoms in total. The Labute approximate surface area is 139 Å². The fourth-order valence-corrected chi connectivity index (χ4v) is 2.67. The average Bonchev–Trinajstić information content (AvgIpc) is 2.87. The predicted octanol–water partition coefficient (Wildman–Crippen LogP) is 1.17. The van der Waals surface area contributed by atoms with Crippen molar-refractivity contribution in [1.29, 1.82) is 0 Å². The number of imide groups is 1. The summed E-state index contributed by atoms with van der Waals surface area (Å²) in [7, 11) is 0. The van der Waals surface area contributed by atoms with Crippen molar-refractivity contribution in [2.24, 2.45) is 5.73 Å². The van der Waals surface area contributed by atoms with Crippen molar-refractivity contribution in [2.75, 3.05) is 13.1 Å². The highest BCUT2D eigenvalue weighted by atomic mass is 16.2. The highest BCUT2D eigenvalue weighted by Gasteiger charge is 2.34. The zero-order valence-electron chi connectivity index (χ0n) is 13.0. The molecule has 0 fully saturated rings. The van der Waals surface area contributed by atoms with Crippen LogP contribution in [0.4, 0.5) is 0 Å². The molecule has 1 aliphatic rings. The van der Waals surface area contributed by atoms with Gasteiger partial charge in [0, 0.05) is 25.2 Å². The van der Waals surface area contributed by atoms with Crippen LogP contribution in [-0.2, 0) is 6.54 Å². The lowest BCUT2D eigenvalue weighted by Gasteiger charge is -2.14. The lowest BCUT2D eigenvalue weighted by Crippen LogP contribution is -2.38. The Balaban J connectivity index is 1.60. The summed E-state index contributed by atoms with van der Waals surface area (Å²) in [5.74, 6) is -0.910. The van der Waals surface area contributed by atoms with Gasteiger partial charge < -0.3 is 11.1 Å². The molecule has 0 bridgehead atoms. The fraction of sp³-hybridized carbons (Fsp3) is 0.167. The summed E-state index contributed by atoms with van der Waals surface area (Å²) in [5, 5.41) is 2.72. The molecular weight excluding hydrogens is 306 g/mol. The van der Waals surface area contributed by atoms with E-state index in [9.17, 15) is 14.4 Å². The molecule has 1 aliphatic heterocycles. The van der Waals surface area contributed by atoms with Gasteiger partial charge in [-0.25, -0.2) is 0 Å². The summed E-state index contributed by atoms with van der Waals surface area (Å²) in [6.45, 7) is 0.683. The normalized spacial score (nSPS) is 13.1. The van der Waals surface area contributed by atoms with E-state index in [1.807, 2.05) is 6.07 Å². The highest BCUT2D eigenvalue weighted by Crippen LogP contribution is 2.21. The number of nitrogens with one attached hydrogen (secondary N) is 1. The number of hydrogen-bond donors (Lipinski definition) is 2. The van der Waals surface area contributed by atoms with Crippen LogP contribution in [0.15, 0.2) is 48.5 Å². The van der Waals surface area contributed by atoms with Crippen LogP contribution < -0.4 is 11.1 Å². The van der Waals surface area contributed by atoms with Gasteiger partial charge >= 0.3 is 0 Å². The van der Waals surface area contributed by atoms with E-state index in [1.165, 1.54) is 0 Å². The maximum absolute atomic E-state index is 12.2. The predicted molar refractivity (Wildman–Crippen MR) is 88.5 cm³/mol. The van der Waals surface area contributed by atoms with E-state index in [0.717, 1.165) is 10.5 Å². The number of amides is 3. The third kappa shape index (κ3) is 2.91. The topological polar surface area (TPSA) is 92.5 Å². The van der Waals surface area contributed by atoms with Crippen molar-refractivity contribution in [3.8, 4) is 0 Å². The van der Waals surface area contributed by atoms with Crippen molar-refractivity contribution < 1.29 is 14.4 Å². The number of nitrogens with two attached hydrogens (primary N) is 1. The number of carbonyl (C=O) groups is 3. The van der Waals surface area contributed by atoms with E-state index in [4.69, 9.17) is 5.73 Å². The van der Waals surface area contributed by atoms with Crippen molar-refractivity contribution in [2.45, 2.75) is 6.54 Å². The van der Waals surface area contributed by atoms with Crippen LogP contribution in [0.1, 0.15) is 36.6 Å². The molecule has 0 unspecified atom stereocenters. The summed E-state index contributed by atoms with van der Waals surface area (Å²) in [6, 6.07) is 13.7. The van der Waals surface area contributed by atoms with E-state index in [1.54, 1.807) is 42.5 Å². The molecule has 3 rings (SSSR count). The smallest absolute Gasteiger partial charge is 0.261 e. The first-order valence-electron chi connectivity index (χ1n) is 7.64. The van der Waals surface area contributed by atoms with E-state index in [-0.39, 0.29) is 30.8 Å². The standard InChI is InChI=1S/C18H17N3O3/c19-11-12-4-3-5-13(10-12)16(22)20-8-9-21-17(23)14-6-1-2-7-15(14)18(21)24/h1-7,10H,8-9,11,19H2,(H,20,22). The molecule has 2 aromatic rings. The maximum Gasteiger partial charge on any atom is 0.261 e. The van der Waals surface area contributed by atoms with Crippen LogP contribution in [0.5, 0.6) is 0 Å². The van der Waals surface area contributed by atoms with Gasteiger partial charge in [0.05, 0.1) is 11.1 Å². The van der Waals surface area contributed by atoms with Gasteiger partial charge in [0.15, 0.2) is 0 Å². The van der Waals surface area contributed by atoms with E-state index >= 15 is 0 Å². The van der Waals surface area contributed by atoms with Gasteiger partial charge in [0.1, 0.15) is 0 Å². The molecule has 0 radical (unpaired) electrons. The van der Waals surface area contributed by atoms with Crippen molar-refractivity contribution in [1.82, 2.24) is 10.2 Å². The van der Waals surface area contributed by atoms with Crippen LogP contribution in [0.25, 0.3) is 0 Å². The number of benzene rings is 2. The number of nitrogens with zero attached hydrogens (tertiary/aromatic N) is 1. The summed E-state index contributed by atoms with van der Waals surface area (Å²) in [6.07, 6.45) is 0. The Morgan fingerprint density at radius 2 is 1.67 bits per heavy atom. The summed E-state index contributed by atoms with van der Waals surface area (Å²) < 4.78 is 0. The molecule has 3 N–H and O–H groups in total. The summed E-state index contributed by atoms with van der Waals surface area (Å²) in [5.41, 5.74) is 7.74. The second kappa shape index (κ2) is 6.64. The van der Waals surface area contributed by atoms with Crippen LogP contribution in [0.2, 0.25) is 0 Å². The quantitative estimate of drug-likeness (QED) is 0.808.